The summed E-state index contributed by atoms with van der Waals surface area (Å²) in [6.07, 6.45) is -4.47. The molecule has 1 unspecified atom stereocenters. The molecule has 1 aromatic carbocycles. The lowest BCUT2D eigenvalue weighted by atomic mass is 10.1. The number of anilines is 1. The van der Waals surface area contributed by atoms with Gasteiger partial charge in [0.15, 0.2) is 0 Å². The Bertz CT molecular complexity index is 730. The molecule has 0 saturated carbocycles. The molecule has 2 aromatic rings. The van der Waals surface area contributed by atoms with Gasteiger partial charge in [0, 0.05) is 19.6 Å². The predicted molar refractivity (Wildman–Crippen MR) is 101 cm³/mol. The molecule has 1 fully saturated rings. The van der Waals surface area contributed by atoms with Crippen molar-refractivity contribution in [1.29, 1.82) is 0 Å². The zero-order chi connectivity index (χ0) is 19.4. The molecule has 0 radical (unpaired) electrons. The number of thiophene rings is 1. The van der Waals surface area contributed by atoms with E-state index in [1.807, 2.05) is 12.1 Å². The van der Waals surface area contributed by atoms with Gasteiger partial charge in [-0.25, -0.2) is 8.70 Å². The summed E-state index contributed by atoms with van der Waals surface area (Å²) in [6.45, 7) is 4.75. The molecule has 1 aromatic heterocycles. The van der Waals surface area contributed by atoms with E-state index in [0.717, 1.165) is 46.4 Å². The van der Waals surface area contributed by atoms with Gasteiger partial charge in [-0.3, -0.25) is 0 Å². The second kappa shape index (κ2) is 8.81. The second-order valence-electron chi connectivity index (χ2n) is 6.01. The van der Waals surface area contributed by atoms with Crippen LogP contribution in [0.2, 0.25) is 0 Å². The lowest BCUT2D eigenvalue weighted by Crippen LogP contribution is -2.35. The first-order valence-electron chi connectivity index (χ1n) is 8.58. The van der Waals surface area contributed by atoms with Crippen molar-refractivity contribution in [2.24, 2.45) is 0 Å². The first-order chi connectivity index (χ1) is 12.9. The van der Waals surface area contributed by atoms with E-state index in [1.54, 1.807) is 6.92 Å². The van der Waals surface area contributed by atoms with Crippen LogP contribution in [0.3, 0.4) is 0 Å². The largest absolute Gasteiger partial charge is 0.408 e. The van der Waals surface area contributed by atoms with Crippen LogP contribution >= 0.6 is 23.3 Å². The van der Waals surface area contributed by atoms with Gasteiger partial charge >= 0.3 is 6.18 Å². The van der Waals surface area contributed by atoms with Crippen LogP contribution in [0.4, 0.5) is 22.6 Å². The molecule has 0 spiro atoms. The molecule has 1 atom stereocenters. The zero-order valence-electron chi connectivity index (χ0n) is 14.7. The monoisotopic (exact) mass is 420 g/mol. The van der Waals surface area contributed by atoms with Crippen LogP contribution in [-0.2, 0) is 4.74 Å². The van der Waals surface area contributed by atoms with Crippen LogP contribution < -0.4 is 4.90 Å². The topological polar surface area (TPSA) is 15.7 Å². The predicted octanol–water partition coefficient (Wildman–Crippen LogP) is 5.36. The molecule has 2 heterocycles. The smallest absolute Gasteiger partial charge is 0.378 e. The number of benzene rings is 1. The summed E-state index contributed by atoms with van der Waals surface area (Å²) >= 11 is 2.56. The molecular formula is C18H20F4N2OS2. The Morgan fingerprint density at radius 2 is 1.81 bits per heavy atom. The van der Waals surface area contributed by atoms with Gasteiger partial charge in [0.05, 0.1) is 22.4 Å². The number of morpholine rings is 1. The number of rotatable bonds is 6. The molecule has 148 valence electrons. The summed E-state index contributed by atoms with van der Waals surface area (Å²) in [5, 5.41) is 1.03. The van der Waals surface area contributed by atoms with Gasteiger partial charge < -0.3 is 9.64 Å². The van der Waals surface area contributed by atoms with Crippen molar-refractivity contribution in [2.75, 3.05) is 37.7 Å². The van der Waals surface area contributed by atoms with Crippen molar-refractivity contribution in [2.45, 2.75) is 23.4 Å². The average molecular weight is 420 g/mol. The molecule has 0 bridgehead atoms. The summed E-state index contributed by atoms with van der Waals surface area (Å²) in [6, 6.07) is 6.51. The maximum absolute atomic E-state index is 13.8. The maximum atomic E-state index is 13.8. The molecule has 1 aliphatic rings. The lowest BCUT2D eigenvalue weighted by molar-refractivity contribution is -0.172. The van der Waals surface area contributed by atoms with Crippen molar-refractivity contribution in [3.8, 4) is 0 Å². The van der Waals surface area contributed by atoms with Crippen LogP contribution in [0.15, 0.2) is 40.6 Å². The number of alkyl halides is 3. The highest BCUT2D eigenvalue weighted by atomic mass is 32.2. The van der Waals surface area contributed by atoms with Gasteiger partial charge in [-0.15, -0.1) is 11.3 Å². The molecule has 1 aliphatic heterocycles. The van der Waals surface area contributed by atoms with Gasteiger partial charge in [-0.05, 0) is 41.8 Å². The van der Waals surface area contributed by atoms with E-state index in [0.29, 0.717) is 13.2 Å². The molecule has 1 saturated heterocycles. The number of hydrogen-bond acceptors (Lipinski definition) is 5. The molecule has 0 N–H and O–H groups in total. The number of ether oxygens (including phenoxy) is 1. The zero-order valence-corrected chi connectivity index (χ0v) is 16.3. The van der Waals surface area contributed by atoms with Crippen molar-refractivity contribution < 1.29 is 22.3 Å². The fraction of sp³-hybridized carbons (Fsp3) is 0.444. The third-order valence-corrected chi connectivity index (χ3v) is 6.63. The fourth-order valence-electron chi connectivity index (χ4n) is 2.89. The van der Waals surface area contributed by atoms with E-state index >= 15 is 0 Å². The fourth-order valence-corrected chi connectivity index (χ4v) is 5.21. The highest BCUT2D eigenvalue weighted by Crippen LogP contribution is 2.44. The Morgan fingerprint density at radius 1 is 1.15 bits per heavy atom. The van der Waals surface area contributed by atoms with Crippen molar-refractivity contribution >= 4 is 28.3 Å². The lowest BCUT2D eigenvalue weighted by Gasteiger charge is -2.31. The average Bonchev–Trinajstić information content (AvgIpc) is 3.11. The maximum Gasteiger partial charge on any atom is 0.408 e. The SMILES string of the molecule is CCN(Sc1ccc(N2CCOCC2)s1)C(c1ccc(F)cc1)C(F)(F)F. The Morgan fingerprint density at radius 3 is 2.41 bits per heavy atom. The summed E-state index contributed by atoms with van der Waals surface area (Å²) < 4.78 is 61.9. The quantitative estimate of drug-likeness (QED) is 0.462. The van der Waals surface area contributed by atoms with Crippen LogP contribution in [0, 0.1) is 5.82 Å². The Kier molecular flexibility index (Phi) is 6.67. The van der Waals surface area contributed by atoms with Gasteiger partial charge in [0.1, 0.15) is 11.9 Å². The summed E-state index contributed by atoms with van der Waals surface area (Å²) in [7, 11) is 0. The molecule has 9 heteroatoms. The normalized spacial score (nSPS) is 16.7. The van der Waals surface area contributed by atoms with Gasteiger partial charge in [0.2, 0.25) is 0 Å². The second-order valence-corrected chi connectivity index (χ2v) is 8.42. The van der Waals surface area contributed by atoms with Crippen molar-refractivity contribution in [3.63, 3.8) is 0 Å². The van der Waals surface area contributed by atoms with Crippen molar-refractivity contribution in [3.05, 3.63) is 47.8 Å². The van der Waals surface area contributed by atoms with Gasteiger partial charge in [-0.2, -0.15) is 13.2 Å². The molecular weight excluding hydrogens is 400 g/mol. The minimum Gasteiger partial charge on any atom is -0.378 e. The Hall–Kier alpha value is -1.29. The Balaban J connectivity index is 1.79. The summed E-state index contributed by atoms with van der Waals surface area (Å²) in [5.41, 5.74) is 0.0307. The number of hydrogen-bond donors (Lipinski definition) is 0. The standard InChI is InChI=1S/C18H20F4N2OS2/c1-2-24(17(18(20,21)22)13-3-5-14(19)6-4-13)27-16-8-7-15(26-16)23-9-11-25-12-10-23/h3-8,17H,2,9-12H2,1H3. The van der Waals surface area contributed by atoms with E-state index < -0.39 is 18.0 Å². The third kappa shape index (κ3) is 5.16. The molecule has 0 amide bonds. The van der Waals surface area contributed by atoms with Gasteiger partial charge in [0.25, 0.3) is 0 Å². The highest BCUT2D eigenvalue weighted by Gasteiger charge is 2.45. The number of nitrogens with zero attached hydrogens (tertiary/aromatic N) is 2. The minimum atomic E-state index is -4.47. The number of halogens is 4. The summed E-state index contributed by atoms with van der Waals surface area (Å²) in [4.78, 5) is 2.18. The molecule has 27 heavy (non-hydrogen) atoms. The Labute approximate surface area is 164 Å². The van der Waals surface area contributed by atoms with Crippen LogP contribution in [-0.4, -0.2) is 43.3 Å². The summed E-state index contributed by atoms with van der Waals surface area (Å²) in [5.74, 6) is -0.552. The van der Waals surface area contributed by atoms with Crippen LogP contribution in [0.25, 0.3) is 0 Å². The highest BCUT2D eigenvalue weighted by molar-refractivity contribution is 7.99. The van der Waals surface area contributed by atoms with E-state index in [4.69, 9.17) is 4.74 Å². The molecule has 3 nitrogen and oxygen atoms in total. The van der Waals surface area contributed by atoms with E-state index in [9.17, 15) is 17.6 Å². The van der Waals surface area contributed by atoms with Crippen LogP contribution in [0.1, 0.15) is 18.5 Å². The third-order valence-electron chi connectivity index (χ3n) is 4.19. The van der Waals surface area contributed by atoms with E-state index in [-0.39, 0.29) is 12.1 Å². The molecule has 0 aliphatic carbocycles. The van der Waals surface area contributed by atoms with Crippen LogP contribution in [0.5, 0.6) is 0 Å². The first kappa shape index (κ1) is 20.4. The van der Waals surface area contributed by atoms with E-state index in [2.05, 4.69) is 4.90 Å². The minimum absolute atomic E-state index is 0.0307. The van der Waals surface area contributed by atoms with Crippen molar-refractivity contribution in [1.82, 2.24) is 4.31 Å². The van der Waals surface area contributed by atoms with E-state index in [1.165, 1.54) is 27.8 Å². The van der Waals surface area contributed by atoms with Gasteiger partial charge in [-0.1, -0.05) is 19.1 Å². The first-order valence-corrected chi connectivity index (χ1v) is 10.2. The molecule has 3 rings (SSSR count).